The quantitative estimate of drug-likeness (QED) is 0.911. The molecule has 2 nitrogen and oxygen atoms in total. The van der Waals surface area contributed by atoms with Gasteiger partial charge in [0.1, 0.15) is 5.82 Å². The molecule has 0 bridgehead atoms. The zero-order valence-corrected chi connectivity index (χ0v) is 12.5. The maximum absolute atomic E-state index is 13.2. The first-order valence-corrected chi connectivity index (χ1v) is 7.25. The van der Waals surface area contributed by atoms with Crippen LogP contribution in [0.2, 0.25) is 5.02 Å². The van der Waals surface area contributed by atoms with Crippen LogP contribution >= 0.6 is 11.6 Å². The molecule has 1 saturated heterocycles. The van der Waals surface area contributed by atoms with Crippen LogP contribution in [-0.4, -0.2) is 31.1 Å². The minimum absolute atomic E-state index is 0.272. The van der Waals surface area contributed by atoms with Gasteiger partial charge in [-0.15, -0.1) is 0 Å². The third kappa shape index (κ3) is 3.47. The molecule has 0 saturated carbocycles. The summed E-state index contributed by atoms with van der Waals surface area (Å²) >= 11 is 6.22. The van der Waals surface area contributed by atoms with Crippen LogP contribution in [-0.2, 0) is 0 Å². The third-order valence-electron chi connectivity index (χ3n) is 3.84. The van der Waals surface area contributed by atoms with E-state index in [1.165, 1.54) is 12.1 Å². The van der Waals surface area contributed by atoms with E-state index >= 15 is 0 Å². The number of nitrogens with zero attached hydrogens (tertiary/aromatic N) is 1. The molecule has 1 fully saturated rings. The Kier molecular flexibility index (Phi) is 4.82. The summed E-state index contributed by atoms with van der Waals surface area (Å²) in [6.45, 7) is 6.33. The summed E-state index contributed by atoms with van der Waals surface area (Å²) in [5.41, 5.74) is 1.04. The van der Waals surface area contributed by atoms with Crippen molar-refractivity contribution in [3.8, 4) is 0 Å². The molecular weight excluding hydrogens is 263 g/mol. The van der Waals surface area contributed by atoms with Gasteiger partial charge < -0.3 is 5.32 Å². The van der Waals surface area contributed by atoms with Gasteiger partial charge in [0, 0.05) is 23.7 Å². The molecule has 1 N–H and O–H groups in total. The summed E-state index contributed by atoms with van der Waals surface area (Å²) < 4.78 is 13.2. The topological polar surface area (TPSA) is 15.3 Å². The number of hydrogen-bond donors (Lipinski definition) is 1. The molecule has 1 heterocycles. The monoisotopic (exact) mass is 284 g/mol. The maximum atomic E-state index is 13.2. The van der Waals surface area contributed by atoms with Gasteiger partial charge in [0.25, 0.3) is 0 Å². The molecule has 1 aliphatic heterocycles. The molecule has 106 valence electrons. The molecule has 1 aromatic rings. The molecule has 0 radical (unpaired) electrons. The lowest BCUT2D eigenvalue weighted by Crippen LogP contribution is -2.32. The van der Waals surface area contributed by atoms with Crippen molar-refractivity contribution < 1.29 is 4.39 Å². The first-order chi connectivity index (χ1) is 8.99. The molecule has 0 aromatic heterocycles. The van der Waals surface area contributed by atoms with Gasteiger partial charge in [-0.1, -0.05) is 31.5 Å². The van der Waals surface area contributed by atoms with Crippen molar-refractivity contribution in [1.29, 1.82) is 0 Å². The molecule has 0 aliphatic carbocycles. The minimum atomic E-state index is -0.272. The van der Waals surface area contributed by atoms with Crippen molar-refractivity contribution in [3.05, 3.63) is 34.6 Å². The van der Waals surface area contributed by atoms with Gasteiger partial charge in [0.15, 0.2) is 0 Å². The van der Waals surface area contributed by atoms with Crippen LogP contribution in [0, 0.1) is 11.7 Å². The number of benzene rings is 1. The minimum Gasteiger partial charge on any atom is -0.314 e. The first kappa shape index (κ1) is 14.8. The lowest BCUT2D eigenvalue weighted by molar-refractivity contribution is 0.269. The van der Waals surface area contributed by atoms with Gasteiger partial charge in [-0.25, -0.2) is 4.39 Å². The fourth-order valence-electron chi connectivity index (χ4n) is 2.86. The van der Waals surface area contributed by atoms with Crippen LogP contribution in [0.1, 0.15) is 31.9 Å². The zero-order chi connectivity index (χ0) is 14.0. The largest absolute Gasteiger partial charge is 0.314 e. The molecular formula is C15H22ClFN2. The van der Waals surface area contributed by atoms with Gasteiger partial charge in [-0.2, -0.15) is 0 Å². The van der Waals surface area contributed by atoms with Gasteiger partial charge in [0.2, 0.25) is 0 Å². The fourth-order valence-corrected chi connectivity index (χ4v) is 3.14. The molecule has 19 heavy (non-hydrogen) atoms. The third-order valence-corrected chi connectivity index (χ3v) is 4.17. The Morgan fingerprint density at radius 2 is 2.21 bits per heavy atom. The van der Waals surface area contributed by atoms with E-state index in [1.807, 2.05) is 6.07 Å². The standard InChI is InChI=1S/C15H22ClFN2/c1-10(2)18-9-11-6-7-19(3)15(11)13-5-4-12(17)8-14(13)16/h4-5,8,10-11,15,18H,6-7,9H2,1-3H3. The van der Waals surface area contributed by atoms with Gasteiger partial charge in [-0.05, 0) is 43.6 Å². The number of rotatable bonds is 4. The van der Waals surface area contributed by atoms with Crippen LogP contribution in [0.3, 0.4) is 0 Å². The Hall–Kier alpha value is -0.640. The molecule has 2 rings (SSSR count). The highest BCUT2D eigenvalue weighted by atomic mass is 35.5. The van der Waals surface area contributed by atoms with Gasteiger partial charge >= 0.3 is 0 Å². The Bertz CT molecular complexity index is 436. The summed E-state index contributed by atoms with van der Waals surface area (Å²) in [5.74, 6) is 0.251. The van der Waals surface area contributed by atoms with E-state index in [-0.39, 0.29) is 11.9 Å². The molecule has 4 heteroatoms. The van der Waals surface area contributed by atoms with Gasteiger partial charge in [-0.3, -0.25) is 4.90 Å². The zero-order valence-electron chi connectivity index (χ0n) is 11.8. The molecule has 1 aliphatic rings. The highest BCUT2D eigenvalue weighted by Crippen LogP contribution is 2.39. The van der Waals surface area contributed by atoms with E-state index in [0.717, 1.165) is 25.1 Å². The lowest BCUT2D eigenvalue weighted by atomic mass is 9.93. The van der Waals surface area contributed by atoms with Crippen molar-refractivity contribution in [2.75, 3.05) is 20.1 Å². The smallest absolute Gasteiger partial charge is 0.124 e. The van der Waals surface area contributed by atoms with E-state index in [1.54, 1.807) is 0 Å². The number of hydrogen-bond acceptors (Lipinski definition) is 2. The first-order valence-electron chi connectivity index (χ1n) is 6.87. The molecule has 0 spiro atoms. The number of likely N-dealkylation sites (tertiary alicyclic amines) is 1. The molecule has 2 atom stereocenters. The average Bonchev–Trinajstić information content (AvgIpc) is 2.68. The van der Waals surface area contributed by atoms with E-state index in [4.69, 9.17) is 11.6 Å². The highest BCUT2D eigenvalue weighted by Gasteiger charge is 2.34. The fraction of sp³-hybridized carbons (Fsp3) is 0.600. The summed E-state index contributed by atoms with van der Waals surface area (Å²) in [5, 5.41) is 4.03. The van der Waals surface area contributed by atoms with Crippen LogP contribution in [0.25, 0.3) is 0 Å². The highest BCUT2D eigenvalue weighted by molar-refractivity contribution is 6.31. The Labute approximate surface area is 119 Å². The van der Waals surface area contributed by atoms with Crippen molar-refractivity contribution in [2.45, 2.75) is 32.4 Å². The summed E-state index contributed by atoms with van der Waals surface area (Å²) in [7, 11) is 2.11. The molecule has 1 aromatic carbocycles. The van der Waals surface area contributed by atoms with Crippen LogP contribution in [0.5, 0.6) is 0 Å². The molecule has 2 unspecified atom stereocenters. The average molecular weight is 285 g/mol. The van der Waals surface area contributed by atoms with Crippen molar-refractivity contribution in [2.24, 2.45) is 5.92 Å². The second-order valence-corrected chi connectivity index (χ2v) is 6.11. The van der Waals surface area contributed by atoms with E-state index in [0.29, 0.717) is 17.0 Å². The molecule has 0 amide bonds. The van der Waals surface area contributed by atoms with Gasteiger partial charge in [0.05, 0.1) is 0 Å². The maximum Gasteiger partial charge on any atom is 0.124 e. The van der Waals surface area contributed by atoms with E-state index < -0.39 is 0 Å². The Balaban J connectivity index is 2.18. The lowest BCUT2D eigenvalue weighted by Gasteiger charge is -2.27. The Morgan fingerprint density at radius 1 is 1.47 bits per heavy atom. The normalized spacial score (nSPS) is 24.3. The van der Waals surface area contributed by atoms with Crippen LogP contribution in [0.15, 0.2) is 18.2 Å². The van der Waals surface area contributed by atoms with Crippen molar-refractivity contribution in [3.63, 3.8) is 0 Å². The van der Waals surface area contributed by atoms with Crippen LogP contribution < -0.4 is 5.32 Å². The summed E-state index contributed by atoms with van der Waals surface area (Å²) in [4.78, 5) is 2.31. The van der Waals surface area contributed by atoms with Crippen molar-refractivity contribution in [1.82, 2.24) is 10.2 Å². The second kappa shape index (κ2) is 6.21. The predicted molar refractivity (Wildman–Crippen MR) is 78.0 cm³/mol. The summed E-state index contributed by atoms with van der Waals surface area (Å²) in [6, 6.07) is 5.50. The predicted octanol–water partition coefficient (Wildman–Crippen LogP) is 3.47. The second-order valence-electron chi connectivity index (χ2n) is 5.70. The van der Waals surface area contributed by atoms with Crippen LogP contribution in [0.4, 0.5) is 4.39 Å². The number of halogens is 2. The SMILES string of the molecule is CC(C)NCC1CCN(C)C1c1ccc(F)cc1Cl. The number of nitrogens with one attached hydrogen (secondary N) is 1. The summed E-state index contributed by atoms with van der Waals surface area (Å²) in [6.07, 6.45) is 1.15. The van der Waals surface area contributed by atoms with E-state index in [9.17, 15) is 4.39 Å². The van der Waals surface area contributed by atoms with E-state index in [2.05, 4.69) is 31.1 Å². The Morgan fingerprint density at radius 3 is 2.84 bits per heavy atom. The van der Waals surface area contributed by atoms with Crippen molar-refractivity contribution >= 4 is 11.6 Å².